The maximum Gasteiger partial charge on any atom is 0.346 e. The Hall–Kier alpha value is -1.62. The van der Waals surface area contributed by atoms with Crippen LogP contribution in [0.3, 0.4) is 0 Å². The number of rotatable bonds is 6. The second kappa shape index (κ2) is 6.20. The molecule has 1 aromatic rings. The fraction of sp³-hybridized carbons (Fsp3) is 0.417. The Bertz CT molecular complexity index is 382. The Labute approximate surface area is 99.4 Å². The van der Waals surface area contributed by atoms with Crippen LogP contribution in [0.5, 0.6) is 5.75 Å². The molecule has 0 amide bonds. The van der Waals surface area contributed by atoms with Gasteiger partial charge in [0.15, 0.2) is 11.6 Å². The summed E-state index contributed by atoms with van der Waals surface area (Å²) >= 11 is 0. The van der Waals surface area contributed by atoms with Crippen LogP contribution < -0.4 is 10.1 Å². The number of ether oxygens (including phenoxy) is 1. The molecule has 0 bridgehead atoms. The molecule has 0 aliphatic rings. The lowest BCUT2D eigenvalue weighted by Crippen LogP contribution is -2.40. The predicted molar refractivity (Wildman–Crippen MR) is 61.6 cm³/mol. The number of hydrogen-bond donors (Lipinski definition) is 2. The zero-order chi connectivity index (χ0) is 12.8. The molecular formula is C12H16FNO3. The summed E-state index contributed by atoms with van der Waals surface area (Å²) < 4.78 is 18.4. The second-order valence-corrected chi connectivity index (χ2v) is 3.94. The van der Waals surface area contributed by atoms with Gasteiger partial charge in [-0.25, -0.2) is 9.18 Å². The highest BCUT2D eigenvalue weighted by molar-refractivity contribution is 5.73. The number of para-hydroxylation sites is 1. The summed E-state index contributed by atoms with van der Waals surface area (Å²) in [6.07, 6.45) is -1.10. The van der Waals surface area contributed by atoms with E-state index in [4.69, 9.17) is 9.84 Å². The number of carbonyl (C=O) groups is 1. The van der Waals surface area contributed by atoms with Gasteiger partial charge in [-0.15, -0.1) is 0 Å². The van der Waals surface area contributed by atoms with E-state index in [1.807, 2.05) is 13.8 Å². The van der Waals surface area contributed by atoms with Crippen LogP contribution in [-0.4, -0.2) is 29.8 Å². The minimum atomic E-state index is -1.12. The van der Waals surface area contributed by atoms with Gasteiger partial charge in [-0.05, 0) is 12.1 Å². The van der Waals surface area contributed by atoms with E-state index < -0.39 is 17.9 Å². The Morgan fingerprint density at radius 1 is 1.47 bits per heavy atom. The van der Waals surface area contributed by atoms with Crippen molar-refractivity contribution in [3.05, 3.63) is 30.1 Å². The number of nitrogens with one attached hydrogen (secondary N) is 1. The summed E-state index contributed by atoms with van der Waals surface area (Å²) in [6, 6.07) is 5.88. The second-order valence-electron chi connectivity index (χ2n) is 3.94. The third-order valence-corrected chi connectivity index (χ3v) is 2.09. The molecule has 0 saturated carbocycles. The third kappa shape index (κ3) is 4.40. The van der Waals surface area contributed by atoms with E-state index in [0.717, 1.165) is 0 Å². The zero-order valence-corrected chi connectivity index (χ0v) is 9.81. The SMILES string of the molecule is CC(C)NCC(Oc1ccccc1F)C(=O)O. The van der Waals surface area contributed by atoms with Gasteiger partial charge in [0.2, 0.25) is 6.10 Å². The quantitative estimate of drug-likeness (QED) is 0.795. The lowest BCUT2D eigenvalue weighted by atomic mass is 10.3. The largest absolute Gasteiger partial charge is 0.478 e. The maximum atomic E-state index is 13.3. The number of halogens is 1. The first-order valence-electron chi connectivity index (χ1n) is 5.38. The molecule has 0 radical (unpaired) electrons. The highest BCUT2D eigenvalue weighted by Gasteiger charge is 2.20. The van der Waals surface area contributed by atoms with Gasteiger partial charge in [-0.1, -0.05) is 26.0 Å². The summed E-state index contributed by atoms with van der Waals surface area (Å²) in [5.41, 5.74) is 0. The lowest BCUT2D eigenvalue weighted by Gasteiger charge is -2.17. The monoisotopic (exact) mass is 241 g/mol. The van der Waals surface area contributed by atoms with Gasteiger partial charge in [-0.3, -0.25) is 0 Å². The Morgan fingerprint density at radius 2 is 2.12 bits per heavy atom. The highest BCUT2D eigenvalue weighted by Crippen LogP contribution is 2.17. The van der Waals surface area contributed by atoms with Gasteiger partial charge < -0.3 is 15.2 Å². The number of hydrogen-bond acceptors (Lipinski definition) is 3. The topological polar surface area (TPSA) is 58.6 Å². The summed E-state index contributed by atoms with van der Waals surface area (Å²) in [6.45, 7) is 3.91. The lowest BCUT2D eigenvalue weighted by molar-refractivity contribution is -0.144. The van der Waals surface area contributed by atoms with Crippen LogP contribution >= 0.6 is 0 Å². The van der Waals surface area contributed by atoms with Gasteiger partial charge in [-0.2, -0.15) is 0 Å². The minimum Gasteiger partial charge on any atom is -0.478 e. The first kappa shape index (κ1) is 13.4. The highest BCUT2D eigenvalue weighted by atomic mass is 19.1. The first-order chi connectivity index (χ1) is 8.00. The molecule has 17 heavy (non-hydrogen) atoms. The smallest absolute Gasteiger partial charge is 0.346 e. The van der Waals surface area contributed by atoms with E-state index >= 15 is 0 Å². The molecule has 2 N–H and O–H groups in total. The molecule has 1 rings (SSSR count). The van der Waals surface area contributed by atoms with Crippen molar-refractivity contribution in [2.45, 2.75) is 26.0 Å². The number of carboxylic acids is 1. The summed E-state index contributed by atoms with van der Waals surface area (Å²) in [4.78, 5) is 10.9. The number of aliphatic carboxylic acids is 1. The molecule has 5 heteroatoms. The van der Waals surface area contributed by atoms with Crippen LogP contribution in [0.1, 0.15) is 13.8 Å². The van der Waals surface area contributed by atoms with E-state index in [1.54, 1.807) is 6.07 Å². The number of carboxylic acid groups (broad SMARTS) is 1. The van der Waals surface area contributed by atoms with Gasteiger partial charge >= 0.3 is 5.97 Å². The molecule has 0 fully saturated rings. The van der Waals surface area contributed by atoms with Crippen molar-refractivity contribution in [3.8, 4) is 5.75 Å². The van der Waals surface area contributed by atoms with Crippen molar-refractivity contribution in [3.63, 3.8) is 0 Å². The van der Waals surface area contributed by atoms with Gasteiger partial charge in [0.25, 0.3) is 0 Å². The molecule has 0 heterocycles. The summed E-state index contributed by atoms with van der Waals surface area (Å²) in [7, 11) is 0. The van der Waals surface area contributed by atoms with Gasteiger partial charge in [0.05, 0.1) is 0 Å². The van der Waals surface area contributed by atoms with Crippen molar-refractivity contribution in [2.75, 3.05) is 6.54 Å². The molecule has 0 spiro atoms. The fourth-order valence-electron chi connectivity index (χ4n) is 1.22. The van der Waals surface area contributed by atoms with Crippen LogP contribution in [-0.2, 0) is 4.79 Å². The molecule has 0 saturated heterocycles. The van der Waals surface area contributed by atoms with E-state index in [9.17, 15) is 9.18 Å². The van der Waals surface area contributed by atoms with Crippen LogP contribution in [0.2, 0.25) is 0 Å². The average Bonchev–Trinajstić information content (AvgIpc) is 2.25. The van der Waals surface area contributed by atoms with Gasteiger partial charge in [0.1, 0.15) is 0 Å². The van der Waals surface area contributed by atoms with Gasteiger partial charge in [0, 0.05) is 12.6 Å². The fourth-order valence-corrected chi connectivity index (χ4v) is 1.22. The van der Waals surface area contributed by atoms with Crippen molar-refractivity contribution in [2.24, 2.45) is 0 Å². The van der Waals surface area contributed by atoms with Crippen molar-refractivity contribution in [1.82, 2.24) is 5.32 Å². The molecule has 1 unspecified atom stereocenters. The standard InChI is InChI=1S/C12H16FNO3/c1-8(2)14-7-11(12(15)16)17-10-6-4-3-5-9(10)13/h3-6,8,11,14H,7H2,1-2H3,(H,15,16). The Morgan fingerprint density at radius 3 is 2.65 bits per heavy atom. The molecule has 0 aliphatic heterocycles. The van der Waals surface area contributed by atoms with Crippen LogP contribution in [0.4, 0.5) is 4.39 Å². The molecule has 0 aliphatic carbocycles. The Kier molecular flexibility index (Phi) is 4.90. The van der Waals surface area contributed by atoms with Crippen LogP contribution in [0, 0.1) is 5.82 Å². The molecule has 1 aromatic carbocycles. The maximum absolute atomic E-state index is 13.3. The minimum absolute atomic E-state index is 0.0505. The zero-order valence-electron chi connectivity index (χ0n) is 9.81. The van der Waals surface area contributed by atoms with Crippen molar-refractivity contribution in [1.29, 1.82) is 0 Å². The van der Waals surface area contributed by atoms with E-state index in [-0.39, 0.29) is 18.3 Å². The van der Waals surface area contributed by atoms with Crippen LogP contribution in [0.15, 0.2) is 24.3 Å². The van der Waals surface area contributed by atoms with Crippen molar-refractivity contribution >= 4 is 5.97 Å². The third-order valence-electron chi connectivity index (χ3n) is 2.09. The average molecular weight is 241 g/mol. The number of benzene rings is 1. The molecular weight excluding hydrogens is 225 g/mol. The van der Waals surface area contributed by atoms with E-state index in [2.05, 4.69) is 5.32 Å². The molecule has 4 nitrogen and oxygen atoms in total. The first-order valence-corrected chi connectivity index (χ1v) is 5.38. The molecule has 1 atom stereocenters. The predicted octanol–water partition coefficient (Wildman–Crippen LogP) is 1.66. The van der Waals surface area contributed by atoms with Crippen LogP contribution in [0.25, 0.3) is 0 Å². The molecule has 94 valence electrons. The Balaban J connectivity index is 2.67. The summed E-state index contributed by atoms with van der Waals surface area (Å²) in [5, 5.41) is 11.9. The normalized spacial score (nSPS) is 12.5. The summed E-state index contributed by atoms with van der Waals surface area (Å²) in [5.74, 6) is -1.74. The van der Waals surface area contributed by atoms with E-state index in [1.165, 1.54) is 18.2 Å². The molecule has 0 aromatic heterocycles. The van der Waals surface area contributed by atoms with E-state index in [0.29, 0.717) is 0 Å². The van der Waals surface area contributed by atoms with Crippen molar-refractivity contribution < 1.29 is 19.0 Å².